The van der Waals surface area contributed by atoms with Crippen molar-refractivity contribution in [3.63, 3.8) is 0 Å². The monoisotopic (exact) mass is 406 g/mol. The number of fused-ring (bicyclic) bond motifs is 1. The molecule has 1 aromatic heterocycles. The number of halogens is 1. The number of nitrogens with zero attached hydrogens (tertiary/aromatic N) is 1. The molecule has 4 aromatic rings. The molecule has 0 unspecified atom stereocenters. The van der Waals surface area contributed by atoms with Gasteiger partial charge in [-0.2, -0.15) is 0 Å². The SMILES string of the molecule is CN(CCc1c[nH]c2ccc(OCc3ccccc3)cc12)Cc1ccccc1.Cl. The van der Waals surface area contributed by atoms with E-state index in [-0.39, 0.29) is 12.4 Å². The molecule has 0 atom stereocenters. The Morgan fingerprint density at radius 1 is 0.862 bits per heavy atom. The van der Waals surface area contributed by atoms with E-state index in [1.807, 2.05) is 24.3 Å². The van der Waals surface area contributed by atoms with Gasteiger partial charge in [0.05, 0.1) is 0 Å². The van der Waals surface area contributed by atoms with Crippen LogP contribution in [-0.2, 0) is 19.6 Å². The van der Waals surface area contributed by atoms with Crippen LogP contribution in [-0.4, -0.2) is 23.5 Å². The highest BCUT2D eigenvalue weighted by Gasteiger charge is 2.08. The lowest BCUT2D eigenvalue weighted by Crippen LogP contribution is -2.20. The number of hydrogen-bond acceptors (Lipinski definition) is 2. The lowest BCUT2D eigenvalue weighted by Gasteiger charge is -2.16. The summed E-state index contributed by atoms with van der Waals surface area (Å²) in [6.45, 7) is 2.57. The summed E-state index contributed by atoms with van der Waals surface area (Å²) in [5.74, 6) is 0.912. The molecule has 0 radical (unpaired) electrons. The van der Waals surface area contributed by atoms with Crippen molar-refractivity contribution in [2.45, 2.75) is 19.6 Å². The third kappa shape index (κ3) is 5.63. The minimum absolute atomic E-state index is 0. The minimum Gasteiger partial charge on any atom is -0.489 e. The summed E-state index contributed by atoms with van der Waals surface area (Å²) in [7, 11) is 2.18. The average Bonchev–Trinajstić information content (AvgIpc) is 3.14. The van der Waals surface area contributed by atoms with Crippen molar-refractivity contribution in [2.24, 2.45) is 0 Å². The topological polar surface area (TPSA) is 28.3 Å². The van der Waals surface area contributed by atoms with Crippen molar-refractivity contribution >= 4 is 23.3 Å². The molecule has 150 valence electrons. The van der Waals surface area contributed by atoms with Crippen molar-refractivity contribution in [3.8, 4) is 5.75 Å². The first-order valence-corrected chi connectivity index (χ1v) is 9.77. The smallest absolute Gasteiger partial charge is 0.120 e. The van der Waals surface area contributed by atoms with Crippen LogP contribution in [0.5, 0.6) is 5.75 Å². The average molecular weight is 407 g/mol. The highest BCUT2D eigenvalue weighted by Crippen LogP contribution is 2.25. The summed E-state index contributed by atoms with van der Waals surface area (Å²) >= 11 is 0. The molecule has 3 nitrogen and oxygen atoms in total. The van der Waals surface area contributed by atoms with Gasteiger partial charge in [-0.25, -0.2) is 0 Å². The molecule has 0 spiro atoms. The van der Waals surface area contributed by atoms with Gasteiger partial charge in [0.2, 0.25) is 0 Å². The Balaban J connectivity index is 0.00000240. The standard InChI is InChI=1S/C25H26N2O.ClH/c1-27(18-20-8-4-2-5-9-20)15-14-22-17-26-25-13-12-23(16-24(22)25)28-19-21-10-6-3-7-11-21;/h2-13,16-17,26H,14-15,18-19H2,1H3;1H. The predicted molar refractivity (Wildman–Crippen MR) is 123 cm³/mol. The minimum atomic E-state index is 0. The van der Waals surface area contributed by atoms with Crippen LogP contribution in [0.3, 0.4) is 0 Å². The quantitative estimate of drug-likeness (QED) is 0.398. The van der Waals surface area contributed by atoms with E-state index in [2.05, 4.69) is 77.7 Å². The van der Waals surface area contributed by atoms with E-state index in [0.29, 0.717) is 6.61 Å². The molecule has 1 N–H and O–H groups in total. The summed E-state index contributed by atoms with van der Waals surface area (Å²) in [6.07, 6.45) is 3.13. The second kappa shape index (κ2) is 10.1. The first-order valence-electron chi connectivity index (χ1n) is 9.77. The van der Waals surface area contributed by atoms with Crippen molar-refractivity contribution in [1.29, 1.82) is 0 Å². The number of aromatic nitrogens is 1. The molecule has 29 heavy (non-hydrogen) atoms. The van der Waals surface area contributed by atoms with Crippen LogP contribution in [0.2, 0.25) is 0 Å². The Labute approximate surface area is 178 Å². The van der Waals surface area contributed by atoms with Crippen LogP contribution in [0, 0.1) is 0 Å². The van der Waals surface area contributed by atoms with E-state index in [9.17, 15) is 0 Å². The third-order valence-electron chi connectivity index (χ3n) is 5.05. The molecular formula is C25H27ClN2O. The van der Waals surface area contributed by atoms with Gasteiger partial charge in [-0.3, -0.25) is 0 Å². The zero-order valence-corrected chi connectivity index (χ0v) is 17.5. The lowest BCUT2D eigenvalue weighted by molar-refractivity contribution is 0.306. The Morgan fingerprint density at radius 3 is 2.28 bits per heavy atom. The largest absolute Gasteiger partial charge is 0.489 e. The maximum absolute atomic E-state index is 6.00. The van der Waals surface area contributed by atoms with Gasteiger partial charge >= 0.3 is 0 Å². The lowest BCUT2D eigenvalue weighted by atomic mass is 10.1. The van der Waals surface area contributed by atoms with Gasteiger partial charge in [-0.05, 0) is 48.4 Å². The fourth-order valence-corrected chi connectivity index (χ4v) is 3.48. The Kier molecular flexibility index (Phi) is 7.34. The van der Waals surface area contributed by atoms with Crippen molar-refractivity contribution in [2.75, 3.05) is 13.6 Å². The molecular weight excluding hydrogens is 380 g/mol. The summed E-state index contributed by atoms with van der Waals surface area (Å²) in [5.41, 5.74) is 5.02. The molecule has 1 heterocycles. The van der Waals surface area contributed by atoms with E-state index >= 15 is 0 Å². The molecule has 0 bridgehead atoms. The van der Waals surface area contributed by atoms with E-state index in [1.54, 1.807) is 0 Å². The first-order chi connectivity index (χ1) is 13.8. The number of likely N-dealkylation sites (N-methyl/N-ethyl adjacent to an activating group) is 1. The number of hydrogen-bond donors (Lipinski definition) is 1. The summed E-state index contributed by atoms with van der Waals surface area (Å²) in [5, 5.41) is 1.25. The van der Waals surface area contributed by atoms with Gasteiger partial charge in [0.1, 0.15) is 12.4 Å². The van der Waals surface area contributed by atoms with Crippen LogP contribution in [0.25, 0.3) is 10.9 Å². The van der Waals surface area contributed by atoms with Crippen LogP contribution in [0.1, 0.15) is 16.7 Å². The fourth-order valence-electron chi connectivity index (χ4n) is 3.48. The maximum atomic E-state index is 6.00. The molecule has 4 rings (SSSR count). The normalized spacial score (nSPS) is 10.8. The Hall–Kier alpha value is -2.75. The summed E-state index contributed by atoms with van der Waals surface area (Å²) < 4.78 is 6.00. The maximum Gasteiger partial charge on any atom is 0.120 e. The van der Waals surface area contributed by atoms with Crippen LogP contribution >= 0.6 is 12.4 Å². The zero-order chi connectivity index (χ0) is 19.2. The number of aromatic amines is 1. The Bertz CT molecular complexity index is 1010. The number of nitrogens with one attached hydrogen (secondary N) is 1. The fraction of sp³-hybridized carbons (Fsp3) is 0.200. The summed E-state index contributed by atoms with van der Waals surface area (Å²) in [4.78, 5) is 5.75. The van der Waals surface area contributed by atoms with Crippen LogP contribution < -0.4 is 4.74 Å². The Morgan fingerprint density at radius 2 is 1.55 bits per heavy atom. The molecule has 0 saturated heterocycles. The van der Waals surface area contributed by atoms with Gasteiger partial charge in [0, 0.05) is 30.2 Å². The van der Waals surface area contributed by atoms with Crippen molar-refractivity contribution in [1.82, 2.24) is 9.88 Å². The zero-order valence-electron chi connectivity index (χ0n) is 16.7. The second-order valence-electron chi connectivity index (χ2n) is 7.27. The van der Waals surface area contributed by atoms with Gasteiger partial charge in [-0.1, -0.05) is 60.7 Å². The van der Waals surface area contributed by atoms with Crippen molar-refractivity contribution < 1.29 is 4.74 Å². The molecule has 0 saturated carbocycles. The number of H-pyrrole nitrogens is 1. The molecule has 0 aliphatic rings. The third-order valence-corrected chi connectivity index (χ3v) is 5.05. The summed E-state index contributed by atoms with van der Waals surface area (Å²) in [6, 6.07) is 27.2. The van der Waals surface area contributed by atoms with Crippen LogP contribution in [0.4, 0.5) is 0 Å². The molecule has 0 fully saturated rings. The van der Waals surface area contributed by atoms with Crippen LogP contribution in [0.15, 0.2) is 85.1 Å². The van der Waals surface area contributed by atoms with E-state index < -0.39 is 0 Å². The number of rotatable bonds is 8. The predicted octanol–water partition coefficient (Wildman–Crippen LogP) is 5.84. The number of benzene rings is 3. The molecule has 0 aliphatic heterocycles. The van der Waals surface area contributed by atoms with Gasteiger partial charge in [0.25, 0.3) is 0 Å². The van der Waals surface area contributed by atoms with E-state index in [0.717, 1.165) is 30.8 Å². The highest BCUT2D eigenvalue weighted by molar-refractivity contribution is 5.85. The van der Waals surface area contributed by atoms with Gasteiger partial charge < -0.3 is 14.6 Å². The highest BCUT2D eigenvalue weighted by atomic mass is 35.5. The first kappa shape index (κ1) is 21.0. The molecule has 4 heteroatoms. The second-order valence-corrected chi connectivity index (χ2v) is 7.27. The van der Waals surface area contributed by atoms with E-state index in [4.69, 9.17) is 4.74 Å². The van der Waals surface area contributed by atoms with Gasteiger partial charge in [0.15, 0.2) is 0 Å². The molecule has 3 aromatic carbocycles. The molecule has 0 aliphatic carbocycles. The van der Waals surface area contributed by atoms with Gasteiger partial charge in [-0.15, -0.1) is 12.4 Å². The van der Waals surface area contributed by atoms with Crippen molar-refractivity contribution in [3.05, 3.63) is 102 Å². The van der Waals surface area contributed by atoms with E-state index in [1.165, 1.54) is 22.1 Å². The molecule has 0 amide bonds. The number of ether oxygens (including phenoxy) is 1.